The number of ether oxygens (including phenoxy) is 1. The Hall–Kier alpha value is -3.13. The molecule has 30 heavy (non-hydrogen) atoms. The van der Waals surface area contributed by atoms with Crippen LogP contribution in [0, 0.1) is 0 Å². The van der Waals surface area contributed by atoms with Gasteiger partial charge in [0.25, 0.3) is 0 Å². The van der Waals surface area contributed by atoms with Crippen LogP contribution in [-0.4, -0.2) is 7.11 Å². The van der Waals surface area contributed by atoms with Crippen molar-refractivity contribution in [2.75, 3.05) is 7.11 Å². The second-order valence-corrected chi connectivity index (χ2v) is 9.54. The lowest BCUT2D eigenvalue weighted by Crippen LogP contribution is -2.31. The second-order valence-electron chi connectivity index (χ2n) is 7.03. The van der Waals surface area contributed by atoms with Crippen LogP contribution in [0.5, 0.6) is 5.75 Å². The Bertz CT molecular complexity index is 1070. The smallest absolute Gasteiger partial charge is 0.205 e. The molecule has 0 aromatic heterocycles. The van der Waals surface area contributed by atoms with Crippen molar-refractivity contribution in [2.24, 2.45) is 0 Å². The summed E-state index contributed by atoms with van der Waals surface area (Å²) in [4.78, 5) is 0. The van der Waals surface area contributed by atoms with Crippen molar-refractivity contribution in [3.05, 3.63) is 126 Å². The maximum Gasteiger partial charge on any atom is 0.205 e. The quantitative estimate of drug-likeness (QED) is 0.418. The van der Waals surface area contributed by atoms with E-state index >= 15 is 0 Å². The van der Waals surface area contributed by atoms with Crippen molar-refractivity contribution in [2.45, 2.75) is 6.04 Å². The van der Waals surface area contributed by atoms with E-state index in [4.69, 9.17) is 4.74 Å². The Labute approximate surface area is 177 Å². The Morgan fingerprint density at radius 3 is 1.53 bits per heavy atom. The lowest BCUT2D eigenvalue weighted by atomic mass is 10.00. The van der Waals surface area contributed by atoms with Gasteiger partial charge in [0.05, 0.1) is 13.2 Å². The summed E-state index contributed by atoms with van der Waals surface area (Å²) >= 11 is 0. The van der Waals surface area contributed by atoms with Crippen molar-refractivity contribution in [1.29, 1.82) is 0 Å². The normalized spacial score (nSPS) is 12.3. The average Bonchev–Trinajstić information content (AvgIpc) is 2.84. The zero-order valence-corrected chi connectivity index (χ0v) is 17.7. The largest absolute Gasteiger partial charge is 0.497 e. The molecule has 4 rings (SSSR count). The van der Waals surface area contributed by atoms with E-state index < -0.39 is 7.29 Å². The highest BCUT2D eigenvalue weighted by atomic mass is 31.2. The lowest BCUT2D eigenvalue weighted by Gasteiger charge is -2.28. The molecule has 4 heteroatoms. The fourth-order valence-corrected chi connectivity index (χ4v) is 5.98. The van der Waals surface area contributed by atoms with E-state index in [-0.39, 0.29) is 6.04 Å². The number of hydrogen-bond donors (Lipinski definition) is 1. The molecule has 0 fully saturated rings. The van der Waals surface area contributed by atoms with Gasteiger partial charge in [-0.1, -0.05) is 78.9 Å². The molecule has 0 saturated heterocycles. The molecule has 0 aliphatic heterocycles. The van der Waals surface area contributed by atoms with Crippen LogP contribution in [-0.2, 0) is 4.57 Å². The first kappa shape index (κ1) is 20.2. The van der Waals surface area contributed by atoms with Crippen molar-refractivity contribution in [3.8, 4) is 5.75 Å². The predicted molar refractivity (Wildman–Crippen MR) is 124 cm³/mol. The van der Waals surface area contributed by atoms with Gasteiger partial charge in [0.15, 0.2) is 0 Å². The molecule has 3 nitrogen and oxygen atoms in total. The number of methoxy groups -OCH3 is 1. The first-order valence-electron chi connectivity index (χ1n) is 9.89. The molecule has 0 unspecified atom stereocenters. The van der Waals surface area contributed by atoms with Crippen molar-refractivity contribution in [1.82, 2.24) is 5.09 Å². The number of rotatable bonds is 7. The van der Waals surface area contributed by atoms with Gasteiger partial charge in [-0.15, -0.1) is 0 Å². The first-order chi connectivity index (χ1) is 14.7. The van der Waals surface area contributed by atoms with Gasteiger partial charge in [-0.25, -0.2) is 5.09 Å². The SMILES string of the molecule is COc1ccc([C@H](NP(=O)(c2ccccc2)c2ccccc2)c2ccccc2)cc1. The summed E-state index contributed by atoms with van der Waals surface area (Å²) in [5, 5.41) is 5.11. The zero-order valence-electron chi connectivity index (χ0n) is 16.8. The van der Waals surface area contributed by atoms with Crippen LogP contribution in [0.4, 0.5) is 0 Å². The minimum atomic E-state index is -3.11. The van der Waals surface area contributed by atoms with Crippen LogP contribution in [0.2, 0.25) is 0 Å². The molecule has 0 spiro atoms. The fourth-order valence-electron chi connectivity index (χ4n) is 3.54. The van der Waals surface area contributed by atoms with Crippen molar-refractivity contribution in [3.63, 3.8) is 0 Å². The van der Waals surface area contributed by atoms with Gasteiger partial charge in [0.2, 0.25) is 7.29 Å². The van der Waals surface area contributed by atoms with Gasteiger partial charge in [-0.2, -0.15) is 0 Å². The molecule has 0 saturated carbocycles. The highest BCUT2D eigenvalue weighted by Crippen LogP contribution is 2.43. The third kappa shape index (κ3) is 4.23. The van der Waals surface area contributed by atoms with Crippen LogP contribution in [0.15, 0.2) is 115 Å². The van der Waals surface area contributed by atoms with E-state index in [9.17, 15) is 4.57 Å². The summed E-state index contributed by atoms with van der Waals surface area (Å²) < 4.78 is 19.9. The number of benzene rings is 4. The number of hydrogen-bond acceptors (Lipinski definition) is 2. The molecule has 4 aromatic carbocycles. The summed E-state index contributed by atoms with van der Waals surface area (Å²) in [6, 6.07) is 37.1. The minimum absolute atomic E-state index is 0.247. The maximum absolute atomic E-state index is 14.6. The monoisotopic (exact) mass is 413 g/mol. The van der Waals surface area contributed by atoms with Gasteiger partial charge in [-0.05, 0) is 47.5 Å². The standard InChI is InChI=1S/C26H24NO2P/c1-29-23-19-17-22(18-20-23)26(21-11-5-2-6-12-21)27-30(28,24-13-7-3-8-14-24)25-15-9-4-10-16-25/h2-20,26H,1H3,(H,27,28)/t26-/m1/s1. The van der Waals surface area contributed by atoms with Crippen molar-refractivity contribution >= 4 is 17.9 Å². The van der Waals surface area contributed by atoms with Gasteiger partial charge < -0.3 is 4.74 Å². The van der Waals surface area contributed by atoms with E-state index in [1.165, 1.54) is 0 Å². The number of nitrogens with one attached hydrogen (secondary N) is 1. The summed E-state index contributed by atoms with van der Waals surface area (Å²) in [7, 11) is -1.46. The fraction of sp³-hybridized carbons (Fsp3) is 0.0769. The zero-order chi connectivity index (χ0) is 20.8. The van der Waals surface area contributed by atoms with Crippen LogP contribution < -0.4 is 20.4 Å². The van der Waals surface area contributed by atoms with Gasteiger partial charge in [-0.3, -0.25) is 4.57 Å². The Balaban J connectivity index is 1.84. The Kier molecular flexibility index (Phi) is 6.13. The highest BCUT2D eigenvalue weighted by molar-refractivity contribution is 7.76. The molecular weight excluding hydrogens is 389 g/mol. The molecule has 0 aliphatic carbocycles. The minimum Gasteiger partial charge on any atom is -0.497 e. The predicted octanol–water partition coefficient (Wildman–Crippen LogP) is 5.30. The van der Waals surface area contributed by atoms with Gasteiger partial charge in [0, 0.05) is 10.6 Å². The topological polar surface area (TPSA) is 38.3 Å². The van der Waals surface area contributed by atoms with E-state index in [1.807, 2.05) is 103 Å². The van der Waals surface area contributed by atoms with Crippen LogP contribution in [0.3, 0.4) is 0 Å². The Morgan fingerprint density at radius 2 is 1.07 bits per heavy atom. The molecule has 4 aromatic rings. The molecule has 1 N–H and O–H groups in total. The molecule has 0 aliphatic rings. The summed E-state index contributed by atoms with van der Waals surface area (Å²) in [6.45, 7) is 0. The molecule has 0 amide bonds. The van der Waals surface area contributed by atoms with Crippen LogP contribution in [0.1, 0.15) is 17.2 Å². The summed E-state index contributed by atoms with van der Waals surface area (Å²) in [5.41, 5.74) is 2.07. The van der Waals surface area contributed by atoms with Gasteiger partial charge >= 0.3 is 0 Å². The second kappa shape index (κ2) is 9.13. The van der Waals surface area contributed by atoms with E-state index in [2.05, 4.69) is 17.2 Å². The highest BCUT2D eigenvalue weighted by Gasteiger charge is 2.31. The van der Waals surface area contributed by atoms with Gasteiger partial charge in [0.1, 0.15) is 5.75 Å². The average molecular weight is 413 g/mol. The Morgan fingerprint density at radius 1 is 0.633 bits per heavy atom. The van der Waals surface area contributed by atoms with E-state index in [0.717, 1.165) is 27.5 Å². The third-order valence-electron chi connectivity index (χ3n) is 5.13. The van der Waals surface area contributed by atoms with Crippen LogP contribution >= 0.6 is 7.29 Å². The lowest BCUT2D eigenvalue weighted by molar-refractivity contribution is 0.414. The summed E-state index contributed by atoms with van der Waals surface area (Å²) in [5.74, 6) is 0.792. The molecule has 150 valence electrons. The molecule has 1 atom stereocenters. The van der Waals surface area contributed by atoms with Crippen LogP contribution in [0.25, 0.3) is 0 Å². The van der Waals surface area contributed by atoms with E-state index in [0.29, 0.717) is 0 Å². The molecule has 0 bridgehead atoms. The third-order valence-corrected chi connectivity index (χ3v) is 7.81. The first-order valence-corrected chi connectivity index (χ1v) is 11.6. The molecule has 0 heterocycles. The van der Waals surface area contributed by atoms with E-state index in [1.54, 1.807) is 7.11 Å². The maximum atomic E-state index is 14.6. The molecular formula is C26H24NO2P. The molecule has 0 radical (unpaired) electrons. The van der Waals surface area contributed by atoms with Crippen molar-refractivity contribution < 1.29 is 9.30 Å². The summed E-state index contributed by atoms with van der Waals surface area (Å²) in [6.07, 6.45) is 0.